The summed E-state index contributed by atoms with van der Waals surface area (Å²) in [6.45, 7) is 0. The zero-order valence-electron chi connectivity index (χ0n) is 30.6. The van der Waals surface area contributed by atoms with Crippen molar-refractivity contribution in [2.24, 2.45) is 0 Å². The fraction of sp³-hybridized carbons (Fsp3) is 0. The number of nitrogens with zero attached hydrogens (tertiary/aromatic N) is 3. The molecule has 0 atom stereocenters. The first kappa shape index (κ1) is 33.0. The van der Waals surface area contributed by atoms with Gasteiger partial charge in [-0.15, -0.1) is 0 Å². The number of rotatable bonds is 9. The molecular weight excluding hydrogens is 683 g/mol. The van der Waals surface area contributed by atoms with Gasteiger partial charge in [0.05, 0.1) is 22.4 Å². The van der Waals surface area contributed by atoms with Gasteiger partial charge in [0.1, 0.15) is 11.2 Å². The SMILES string of the molecule is c1ccc(N(c2ccccc2)c2cc(N(c3ccccc3)c3ccccc3)c3c(c2)oc2c4ccccc4c(N(c4ccccc4)c4ccccc4)cc23)cc1. The van der Waals surface area contributed by atoms with Crippen molar-refractivity contribution in [1.29, 1.82) is 0 Å². The van der Waals surface area contributed by atoms with Gasteiger partial charge in [-0.25, -0.2) is 0 Å². The van der Waals surface area contributed by atoms with Crippen molar-refractivity contribution in [3.05, 3.63) is 224 Å². The molecule has 0 aliphatic rings. The minimum Gasteiger partial charge on any atom is -0.455 e. The summed E-state index contributed by atoms with van der Waals surface area (Å²) < 4.78 is 7.17. The maximum atomic E-state index is 7.17. The summed E-state index contributed by atoms with van der Waals surface area (Å²) in [5.74, 6) is 0. The van der Waals surface area contributed by atoms with Crippen LogP contribution < -0.4 is 14.7 Å². The smallest absolute Gasteiger partial charge is 0.143 e. The Balaban J connectivity index is 1.34. The van der Waals surface area contributed by atoms with Crippen LogP contribution in [0, 0.1) is 0 Å². The third kappa shape index (κ3) is 5.90. The van der Waals surface area contributed by atoms with E-state index in [1.54, 1.807) is 0 Å². The Morgan fingerprint density at radius 1 is 0.268 bits per heavy atom. The van der Waals surface area contributed by atoms with E-state index in [1.807, 2.05) is 0 Å². The lowest BCUT2D eigenvalue weighted by Crippen LogP contribution is -2.13. The topological polar surface area (TPSA) is 22.9 Å². The molecule has 0 fully saturated rings. The number of furan rings is 1. The maximum absolute atomic E-state index is 7.17. The van der Waals surface area contributed by atoms with Gasteiger partial charge in [-0.3, -0.25) is 0 Å². The molecule has 266 valence electrons. The van der Waals surface area contributed by atoms with Gasteiger partial charge in [0, 0.05) is 56.3 Å². The fourth-order valence-electron chi connectivity index (χ4n) is 7.93. The third-order valence-corrected chi connectivity index (χ3v) is 10.3. The first-order valence-electron chi connectivity index (χ1n) is 18.9. The Morgan fingerprint density at radius 2 is 0.625 bits per heavy atom. The minimum absolute atomic E-state index is 0.800. The van der Waals surface area contributed by atoms with Crippen LogP contribution in [0.4, 0.5) is 51.2 Å². The largest absolute Gasteiger partial charge is 0.455 e. The van der Waals surface area contributed by atoms with Crippen molar-refractivity contribution in [2.45, 2.75) is 0 Å². The van der Waals surface area contributed by atoms with Crippen LogP contribution in [0.1, 0.15) is 0 Å². The lowest BCUT2D eigenvalue weighted by molar-refractivity contribution is 0.673. The highest BCUT2D eigenvalue weighted by atomic mass is 16.3. The van der Waals surface area contributed by atoms with E-state index in [2.05, 4.69) is 239 Å². The first-order chi connectivity index (χ1) is 27.8. The van der Waals surface area contributed by atoms with E-state index >= 15 is 0 Å². The molecule has 0 unspecified atom stereocenters. The average Bonchev–Trinajstić information content (AvgIpc) is 3.65. The van der Waals surface area contributed by atoms with Crippen molar-refractivity contribution in [1.82, 2.24) is 0 Å². The van der Waals surface area contributed by atoms with Crippen molar-refractivity contribution in [3.63, 3.8) is 0 Å². The van der Waals surface area contributed by atoms with E-state index in [-0.39, 0.29) is 0 Å². The highest BCUT2D eigenvalue weighted by molar-refractivity contribution is 6.23. The molecule has 0 aliphatic carbocycles. The van der Waals surface area contributed by atoms with Crippen LogP contribution >= 0.6 is 0 Å². The molecule has 0 aliphatic heterocycles. The maximum Gasteiger partial charge on any atom is 0.143 e. The van der Waals surface area contributed by atoms with E-state index in [9.17, 15) is 0 Å². The second kappa shape index (κ2) is 14.3. The van der Waals surface area contributed by atoms with Crippen LogP contribution in [0.5, 0.6) is 0 Å². The highest BCUT2D eigenvalue weighted by Crippen LogP contribution is 2.50. The average molecular weight is 720 g/mol. The normalized spacial score (nSPS) is 11.2. The predicted molar refractivity (Wildman–Crippen MR) is 235 cm³/mol. The number of para-hydroxylation sites is 6. The Labute approximate surface area is 326 Å². The zero-order chi connectivity index (χ0) is 37.3. The molecule has 0 spiro atoms. The number of benzene rings is 9. The summed E-state index contributed by atoms with van der Waals surface area (Å²) in [5.41, 5.74) is 11.1. The third-order valence-electron chi connectivity index (χ3n) is 10.3. The Bertz CT molecular complexity index is 2780. The van der Waals surface area contributed by atoms with Crippen molar-refractivity contribution < 1.29 is 4.42 Å². The molecule has 10 aromatic rings. The minimum atomic E-state index is 0.800. The van der Waals surface area contributed by atoms with Gasteiger partial charge in [0.2, 0.25) is 0 Å². The lowest BCUT2D eigenvalue weighted by atomic mass is 10.00. The number of hydrogen-bond donors (Lipinski definition) is 0. The molecule has 0 bridgehead atoms. The zero-order valence-corrected chi connectivity index (χ0v) is 30.6. The standard InChI is InChI=1S/C52H37N3O/c1-7-21-38(22-8-1)53(39-23-9-2-10-24-39)44-35-49(55(42-29-15-5-16-30-42)43-31-17-6-18-32-43)51-47-37-48(45-33-19-20-34-46(45)52(47)56-50(51)36-44)54(40-25-11-3-12-26-40)41-27-13-4-14-28-41/h1-37H. The van der Waals surface area contributed by atoms with E-state index < -0.39 is 0 Å². The Hall–Kier alpha value is -7.56. The van der Waals surface area contributed by atoms with E-state index in [4.69, 9.17) is 4.42 Å². The molecule has 0 radical (unpaired) electrons. The van der Waals surface area contributed by atoms with Crippen LogP contribution in [-0.4, -0.2) is 0 Å². The number of anilines is 9. The summed E-state index contributed by atoms with van der Waals surface area (Å²) in [6.07, 6.45) is 0. The predicted octanol–water partition coefficient (Wildman–Crippen LogP) is 15.1. The second-order valence-electron chi connectivity index (χ2n) is 13.8. The number of fused-ring (bicyclic) bond motifs is 5. The van der Waals surface area contributed by atoms with Crippen LogP contribution in [0.3, 0.4) is 0 Å². The van der Waals surface area contributed by atoms with Crippen molar-refractivity contribution in [3.8, 4) is 0 Å². The molecule has 9 aromatic carbocycles. The van der Waals surface area contributed by atoms with E-state index in [0.717, 1.165) is 83.9 Å². The van der Waals surface area contributed by atoms with Crippen molar-refractivity contribution in [2.75, 3.05) is 14.7 Å². The van der Waals surface area contributed by atoms with Crippen LogP contribution in [0.25, 0.3) is 32.7 Å². The Morgan fingerprint density at radius 3 is 1.05 bits per heavy atom. The molecule has 0 saturated carbocycles. The highest BCUT2D eigenvalue weighted by Gasteiger charge is 2.26. The van der Waals surface area contributed by atoms with Gasteiger partial charge < -0.3 is 19.1 Å². The summed E-state index contributed by atoms with van der Waals surface area (Å²) in [4.78, 5) is 7.02. The monoisotopic (exact) mass is 719 g/mol. The van der Waals surface area contributed by atoms with Gasteiger partial charge in [-0.05, 0) is 84.9 Å². The van der Waals surface area contributed by atoms with Crippen molar-refractivity contribution >= 4 is 83.9 Å². The fourth-order valence-corrected chi connectivity index (χ4v) is 7.93. The van der Waals surface area contributed by atoms with E-state index in [1.165, 1.54) is 0 Å². The molecule has 0 N–H and O–H groups in total. The van der Waals surface area contributed by atoms with Gasteiger partial charge in [-0.1, -0.05) is 133 Å². The summed E-state index contributed by atoms with van der Waals surface area (Å²) in [5, 5.41) is 4.22. The molecule has 0 amide bonds. The molecule has 0 saturated heterocycles. The van der Waals surface area contributed by atoms with Crippen LogP contribution in [0.15, 0.2) is 229 Å². The second-order valence-corrected chi connectivity index (χ2v) is 13.8. The van der Waals surface area contributed by atoms with Gasteiger partial charge in [-0.2, -0.15) is 0 Å². The number of hydrogen-bond acceptors (Lipinski definition) is 4. The van der Waals surface area contributed by atoms with Gasteiger partial charge in [0.15, 0.2) is 0 Å². The molecule has 1 aromatic heterocycles. The molecule has 4 heteroatoms. The molecule has 1 heterocycles. The summed E-state index contributed by atoms with van der Waals surface area (Å²) in [6, 6.07) is 79.0. The first-order valence-corrected chi connectivity index (χ1v) is 18.9. The summed E-state index contributed by atoms with van der Waals surface area (Å²) >= 11 is 0. The molecule has 10 rings (SSSR count). The molecule has 4 nitrogen and oxygen atoms in total. The van der Waals surface area contributed by atoms with Crippen LogP contribution in [0.2, 0.25) is 0 Å². The van der Waals surface area contributed by atoms with Crippen LogP contribution in [-0.2, 0) is 0 Å². The lowest BCUT2D eigenvalue weighted by Gasteiger charge is -2.30. The summed E-state index contributed by atoms with van der Waals surface area (Å²) in [7, 11) is 0. The molecule has 56 heavy (non-hydrogen) atoms. The van der Waals surface area contributed by atoms with E-state index in [0.29, 0.717) is 0 Å². The van der Waals surface area contributed by atoms with Gasteiger partial charge >= 0.3 is 0 Å². The quantitative estimate of drug-likeness (QED) is 0.148. The Kier molecular flexibility index (Phi) is 8.47. The van der Waals surface area contributed by atoms with Gasteiger partial charge in [0.25, 0.3) is 0 Å². The molecular formula is C52H37N3O.